The van der Waals surface area contributed by atoms with E-state index in [1.165, 1.54) is 6.08 Å². The normalized spacial score (nSPS) is 12.3. The molecule has 0 aliphatic carbocycles. The molecular formula is C16H14Cl2N2O. The number of carbonyl (C=O) groups is 1. The SMILES string of the molecule is CC(NC(=O)/C=C/c1cccnc1)c1ccc(Cl)cc1Cl. The second-order valence-electron chi connectivity index (χ2n) is 4.52. The first kappa shape index (κ1) is 15.5. The van der Waals surface area contributed by atoms with E-state index in [0.717, 1.165) is 11.1 Å². The number of amides is 1. The molecule has 0 fully saturated rings. The van der Waals surface area contributed by atoms with E-state index >= 15 is 0 Å². The van der Waals surface area contributed by atoms with Crippen LogP contribution in [0.25, 0.3) is 6.08 Å². The molecule has 1 heterocycles. The summed E-state index contributed by atoms with van der Waals surface area (Å²) >= 11 is 12.0. The Kier molecular flexibility index (Phi) is 5.37. The summed E-state index contributed by atoms with van der Waals surface area (Å²) in [6.45, 7) is 1.87. The molecule has 0 saturated heterocycles. The molecule has 21 heavy (non-hydrogen) atoms. The number of benzene rings is 1. The van der Waals surface area contributed by atoms with Gasteiger partial charge in [-0.1, -0.05) is 35.3 Å². The van der Waals surface area contributed by atoms with Gasteiger partial charge in [0.25, 0.3) is 0 Å². The van der Waals surface area contributed by atoms with Crippen molar-refractivity contribution in [2.45, 2.75) is 13.0 Å². The van der Waals surface area contributed by atoms with Gasteiger partial charge in [0.15, 0.2) is 0 Å². The van der Waals surface area contributed by atoms with Crippen LogP contribution in [0.15, 0.2) is 48.8 Å². The molecular weight excluding hydrogens is 307 g/mol. The third-order valence-corrected chi connectivity index (χ3v) is 3.46. The average Bonchev–Trinajstić information content (AvgIpc) is 2.46. The Morgan fingerprint density at radius 1 is 1.33 bits per heavy atom. The molecule has 1 amide bonds. The van der Waals surface area contributed by atoms with Gasteiger partial charge in [-0.05, 0) is 42.3 Å². The number of rotatable bonds is 4. The molecule has 1 aromatic heterocycles. The molecule has 0 saturated carbocycles. The average molecular weight is 321 g/mol. The van der Waals surface area contributed by atoms with E-state index in [0.29, 0.717) is 10.0 Å². The summed E-state index contributed by atoms with van der Waals surface area (Å²) in [6, 6.07) is 8.69. The van der Waals surface area contributed by atoms with Crippen LogP contribution in [-0.2, 0) is 4.79 Å². The molecule has 0 radical (unpaired) electrons. The van der Waals surface area contributed by atoms with Crippen LogP contribution in [0.5, 0.6) is 0 Å². The number of pyridine rings is 1. The molecule has 0 bridgehead atoms. The van der Waals surface area contributed by atoms with E-state index in [2.05, 4.69) is 10.3 Å². The minimum atomic E-state index is -0.208. The zero-order chi connectivity index (χ0) is 15.2. The molecule has 1 aromatic carbocycles. The lowest BCUT2D eigenvalue weighted by Crippen LogP contribution is -2.24. The molecule has 108 valence electrons. The summed E-state index contributed by atoms with van der Waals surface area (Å²) in [5.41, 5.74) is 1.69. The first-order valence-corrected chi connectivity index (χ1v) is 7.15. The number of aromatic nitrogens is 1. The fraction of sp³-hybridized carbons (Fsp3) is 0.125. The number of hydrogen-bond acceptors (Lipinski definition) is 2. The zero-order valence-electron chi connectivity index (χ0n) is 11.4. The lowest BCUT2D eigenvalue weighted by Gasteiger charge is -2.14. The smallest absolute Gasteiger partial charge is 0.244 e. The van der Waals surface area contributed by atoms with Gasteiger partial charge in [0.2, 0.25) is 5.91 Å². The summed E-state index contributed by atoms with van der Waals surface area (Å²) in [5.74, 6) is -0.197. The summed E-state index contributed by atoms with van der Waals surface area (Å²) in [7, 11) is 0. The summed E-state index contributed by atoms with van der Waals surface area (Å²) in [5, 5.41) is 3.96. The third-order valence-electron chi connectivity index (χ3n) is 2.90. The predicted octanol–water partition coefficient (Wildman–Crippen LogP) is 4.28. The maximum Gasteiger partial charge on any atom is 0.244 e. The third kappa shape index (κ3) is 4.59. The summed E-state index contributed by atoms with van der Waals surface area (Å²) < 4.78 is 0. The van der Waals surface area contributed by atoms with Crippen LogP contribution in [0.2, 0.25) is 10.0 Å². The van der Waals surface area contributed by atoms with Crippen LogP contribution in [0.4, 0.5) is 0 Å². The van der Waals surface area contributed by atoms with Crippen LogP contribution in [-0.4, -0.2) is 10.9 Å². The Labute approximate surface area is 133 Å². The van der Waals surface area contributed by atoms with Gasteiger partial charge in [0.1, 0.15) is 0 Å². The largest absolute Gasteiger partial charge is 0.346 e. The molecule has 0 aliphatic rings. The zero-order valence-corrected chi connectivity index (χ0v) is 12.9. The molecule has 1 unspecified atom stereocenters. The fourth-order valence-corrected chi connectivity index (χ4v) is 2.41. The molecule has 1 N–H and O–H groups in total. The van der Waals surface area contributed by atoms with E-state index in [1.54, 1.807) is 36.7 Å². The molecule has 1 atom stereocenters. The van der Waals surface area contributed by atoms with Crippen LogP contribution in [0.3, 0.4) is 0 Å². The lowest BCUT2D eigenvalue weighted by molar-refractivity contribution is -0.117. The van der Waals surface area contributed by atoms with Crippen molar-refractivity contribution in [2.24, 2.45) is 0 Å². The summed E-state index contributed by atoms with van der Waals surface area (Å²) in [4.78, 5) is 15.9. The fourth-order valence-electron chi connectivity index (χ4n) is 1.84. The van der Waals surface area contributed by atoms with Crippen LogP contribution in [0, 0.1) is 0 Å². The van der Waals surface area contributed by atoms with Crippen molar-refractivity contribution in [1.29, 1.82) is 0 Å². The minimum absolute atomic E-state index is 0.197. The maximum absolute atomic E-state index is 11.9. The van der Waals surface area contributed by atoms with Crippen LogP contribution < -0.4 is 5.32 Å². The predicted molar refractivity (Wildman–Crippen MR) is 86.3 cm³/mol. The Morgan fingerprint density at radius 2 is 2.14 bits per heavy atom. The highest BCUT2D eigenvalue weighted by atomic mass is 35.5. The van der Waals surface area contributed by atoms with E-state index < -0.39 is 0 Å². The van der Waals surface area contributed by atoms with Gasteiger partial charge in [-0.25, -0.2) is 0 Å². The highest BCUT2D eigenvalue weighted by Crippen LogP contribution is 2.25. The second kappa shape index (κ2) is 7.25. The van der Waals surface area contributed by atoms with Crippen LogP contribution >= 0.6 is 23.2 Å². The number of hydrogen-bond donors (Lipinski definition) is 1. The Balaban J connectivity index is 2.00. The molecule has 5 heteroatoms. The topological polar surface area (TPSA) is 42.0 Å². The Morgan fingerprint density at radius 3 is 2.81 bits per heavy atom. The quantitative estimate of drug-likeness (QED) is 0.854. The lowest BCUT2D eigenvalue weighted by atomic mass is 10.1. The molecule has 2 rings (SSSR count). The number of nitrogens with one attached hydrogen (secondary N) is 1. The van der Waals surface area contributed by atoms with E-state index in [4.69, 9.17) is 23.2 Å². The van der Waals surface area contributed by atoms with E-state index in [1.807, 2.05) is 19.1 Å². The first-order valence-electron chi connectivity index (χ1n) is 6.40. The van der Waals surface area contributed by atoms with Gasteiger partial charge in [-0.3, -0.25) is 9.78 Å². The van der Waals surface area contributed by atoms with Crippen molar-refractivity contribution in [3.63, 3.8) is 0 Å². The van der Waals surface area contributed by atoms with Gasteiger partial charge in [-0.15, -0.1) is 0 Å². The van der Waals surface area contributed by atoms with Crippen molar-refractivity contribution in [1.82, 2.24) is 10.3 Å². The van der Waals surface area contributed by atoms with Gasteiger partial charge in [-0.2, -0.15) is 0 Å². The highest BCUT2D eigenvalue weighted by Gasteiger charge is 2.11. The van der Waals surface area contributed by atoms with Crippen molar-refractivity contribution >= 4 is 35.2 Å². The number of halogens is 2. The second-order valence-corrected chi connectivity index (χ2v) is 5.36. The van der Waals surface area contributed by atoms with Crippen molar-refractivity contribution in [3.8, 4) is 0 Å². The standard InChI is InChI=1S/C16H14Cl2N2O/c1-11(14-6-5-13(17)9-15(14)18)20-16(21)7-4-12-3-2-8-19-10-12/h2-11H,1H3,(H,20,21)/b7-4+. The number of carbonyl (C=O) groups excluding carboxylic acids is 1. The van der Waals surface area contributed by atoms with Crippen molar-refractivity contribution < 1.29 is 4.79 Å². The molecule has 3 nitrogen and oxygen atoms in total. The van der Waals surface area contributed by atoms with Gasteiger partial charge < -0.3 is 5.32 Å². The first-order chi connectivity index (χ1) is 10.1. The number of nitrogens with zero attached hydrogens (tertiary/aromatic N) is 1. The monoisotopic (exact) mass is 320 g/mol. The van der Waals surface area contributed by atoms with Crippen molar-refractivity contribution in [2.75, 3.05) is 0 Å². The van der Waals surface area contributed by atoms with E-state index in [-0.39, 0.29) is 11.9 Å². The van der Waals surface area contributed by atoms with Gasteiger partial charge in [0.05, 0.1) is 6.04 Å². The summed E-state index contributed by atoms with van der Waals surface area (Å²) in [6.07, 6.45) is 6.54. The molecule has 0 spiro atoms. The van der Waals surface area contributed by atoms with E-state index in [9.17, 15) is 4.79 Å². The molecule has 0 aliphatic heterocycles. The van der Waals surface area contributed by atoms with Crippen molar-refractivity contribution in [3.05, 3.63) is 70.0 Å². The van der Waals surface area contributed by atoms with Crippen LogP contribution in [0.1, 0.15) is 24.1 Å². The van der Waals surface area contributed by atoms with Gasteiger partial charge >= 0.3 is 0 Å². The Bertz CT molecular complexity index is 657. The Hall–Kier alpha value is -1.84. The highest BCUT2D eigenvalue weighted by molar-refractivity contribution is 6.35. The maximum atomic E-state index is 11.9. The molecule has 2 aromatic rings. The van der Waals surface area contributed by atoms with Gasteiger partial charge in [0, 0.05) is 28.5 Å². The minimum Gasteiger partial charge on any atom is -0.346 e.